The van der Waals surface area contributed by atoms with Crippen LogP contribution < -0.4 is 5.32 Å². The van der Waals surface area contributed by atoms with Crippen molar-refractivity contribution >= 4 is 5.91 Å². The molecular formula is C13H21F3N2O. The van der Waals surface area contributed by atoms with Gasteiger partial charge in [-0.05, 0) is 32.6 Å². The summed E-state index contributed by atoms with van der Waals surface area (Å²) in [7, 11) is 0. The number of hydrogen-bond donors (Lipinski definition) is 1. The van der Waals surface area contributed by atoms with E-state index in [4.69, 9.17) is 0 Å². The zero-order chi connectivity index (χ0) is 14.0. The van der Waals surface area contributed by atoms with Gasteiger partial charge in [0.2, 0.25) is 5.91 Å². The molecule has 0 aromatic heterocycles. The number of nitrogens with one attached hydrogen (secondary N) is 1. The number of halogens is 3. The molecule has 2 rings (SSSR count). The van der Waals surface area contributed by atoms with Crippen LogP contribution in [-0.2, 0) is 4.79 Å². The molecule has 2 fully saturated rings. The summed E-state index contributed by atoms with van der Waals surface area (Å²) in [5, 5.41) is 3.21. The van der Waals surface area contributed by atoms with Gasteiger partial charge in [-0.15, -0.1) is 0 Å². The second-order valence-corrected chi connectivity index (χ2v) is 5.67. The molecule has 1 saturated heterocycles. The lowest BCUT2D eigenvalue weighted by molar-refractivity contribution is -0.185. The Morgan fingerprint density at radius 3 is 2.37 bits per heavy atom. The Morgan fingerprint density at radius 1 is 1.21 bits per heavy atom. The van der Waals surface area contributed by atoms with E-state index >= 15 is 0 Å². The lowest BCUT2D eigenvalue weighted by atomic mass is 9.81. The molecule has 0 bridgehead atoms. The molecule has 1 saturated carbocycles. The fourth-order valence-electron chi connectivity index (χ4n) is 3.07. The first-order valence-electron chi connectivity index (χ1n) is 6.97. The maximum atomic E-state index is 12.6. The summed E-state index contributed by atoms with van der Waals surface area (Å²) < 4.78 is 37.7. The van der Waals surface area contributed by atoms with Gasteiger partial charge in [-0.3, -0.25) is 4.79 Å². The maximum absolute atomic E-state index is 12.6. The topological polar surface area (TPSA) is 32.3 Å². The molecule has 19 heavy (non-hydrogen) atoms. The van der Waals surface area contributed by atoms with Crippen LogP contribution in [0.3, 0.4) is 0 Å². The molecule has 0 spiro atoms. The molecule has 0 aromatic rings. The number of carbonyl (C=O) groups is 1. The van der Waals surface area contributed by atoms with E-state index in [-0.39, 0.29) is 30.7 Å². The zero-order valence-corrected chi connectivity index (χ0v) is 11.2. The maximum Gasteiger partial charge on any atom is 0.391 e. The van der Waals surface area contributed by atoms with Crippen molar-refractivity contribution in [3.63, 3.8) is 0 Å². The summed E-state index contributed by atoms with van der Waals surface area (Å²) >= 11 is 0. The highest BCUT2D eigenvalue weighted by Gasteiger charge is 2.43. The van der Waals surface area contributed by atoms with Crippen LogP contribution in [-0.4, -0.2) is 42.7 Å². The number of amides is 1. The van der Waals surface area contributed by atoms with Gasteiger partial charge in [0, 0.05) is 31.6 Å². The highest BCUT2D eigenvalue weighted by Crippen LogP contribution is 2.40. The Morgan fingerprint density at radius 2 is 1.84 bits per heavy atom. The van der Waals surface area contributed by atoms with Gasteiger partial charge >= 0.3 is 6.18 Å². The van der Waals surface area contributed by atoms with Crippen LogP contribution in [0.25, 0.3) is 0 Å². The zero-order valence-electron chi connectivity index (χ0n) is 11.2. The molecule has 1 amide bonds. The Hall–Kier alpha value is -0.780. The molecule has 2 aliphatic rings. The van der Waals surface area contributed by atoms with Crippen molar-refractivity contribution in [2.24, 2.45) is 11.8 Å². The fourth-order valence-corrected chi connectivity index (χ4v) is 3.07. The number of nitrogens with zero attached hydrogens (tertiary/aromatic N) is 1. The molecule has 1 aliphatic carbocycles. The molecule has 0 aromatic carbocycles. The van der Waals surface area contributed by atoms with E-state index in [1.165, 1.54) is 0 Å². The van der Waals surface area contributed by atoms with Crippen LogP contribution in [0.15, 0.2) is 0 Å². The number of hydrogen-bond acceptors (Lipinski definition) is 2. The van der Waals surface area contributed by atoms with E-state index in [2.05, 4.69) is 5.32 Å². The van der Waals surface area contributed by atoms with Gasteiger partial charge in [0.1, 0.15) is 0 Å². The first kappa shape index (κ1) is 14.6. The van der Waals surface area contributed by atoms with E-state index < -0.39 is 12.1 Å². The summed E-state index contributed by atoms with van der Waals surface area (Å²) in [5.74, 6) is -1.37. The molecule has 3 nitrogen and oxygen atoms in total. The number of carbonyl (C=O) groups excluding carboxylic acids is 1. The summed E-state index contributed by atoms with van der Waals surface area (Å²) in [4.78, 5) is 14.2. The molecule has 1 heterocycles. The minimum atomic E-state index is -4.10. The van der Waals surface area contributed by atoms with Crippen molar-refractivity contribution in [3.8, 4) is 0 Å². The normalized spacial score (nSPS) is 33.3. The SMILES string of the molecule is C[C@H]1CNCCN1C(=O)C1CCC(C(F)(F)F)CC1. The van der Waals surface area contributed by atoms with Crippen molar-refractivity contribution < 1.29 is 18.0 Å². The van der Waals surface area contributed by atoms with E-state index in [1.54, 1.807) is 0 Å². The smallest absolute Gasteiger partial charge is 0.337 e. The summed E-state index contributed by atoms with van der Waals surface area (Å²) in [6.07, 6.45) is -3.16. The predicted molar refractivity (Wildman–Crippen MR) is 65.5 cm³/mol. The quantitative estimate of drug-likeness (QED) is 0.797. The van der Waals surface area contributed by atoms with Crippen molar-refractivity contribution in [1.29, 1.82) is 0 Å². The van der Waals surface area contributed by atoms with E-state index in [0.717, 1.165) is 13.1 Å². The van der Waals surface area contributed by atoms with Crippen LogP contribution in [0.5, 0.6) is 0 Å². The van der Waals surface area contributed by atoms with Gasteiger partial charge in [0.15, 0.2) is 0 Å². The van der Waals surface area contributed by atoms with Gasteiger partial charge in [-0.1, -0.05) is 0 Å². The Balaban J connectivity index is 1.88. The van der Waals surface area contributed by atoms with E-state index in [1.807, 2.05) is 11.8 Å². The minimum absolute atomic E-state index is 0.0506. The average molecular weight is 278 g/mol. The lowest BCUT2D eigenvalue weighted by Gasteiger charge is -2.38. The van der Waals surface area contributed by atoms with Crippen molar-refractivity contribution in [1.82, 2.24) is 10.2 Å². The Bertz CT molecular complexity index is 324. The first-order chi connectivity index (χ1) is 8.89. The first-order valence-corrected chi connectivity index (χ1v) is 6.97. The molecule has 0 radical (unpaired) electrons. The summed E-state index contributed by atoms with van der Waals surface area (Å²) in [6.45, 7) is 4.18. The Labute approximate surface area is 111 Å². The Kier molecular flexibility index (Phi) is 4.38. The molecular weight excluding hydrogens is 257 g/mol. The number of piperazine rings is 1. The minimum Gasteiger partial charge on any atom is -0.337 e. The third-order valence-electron chi connectivity index (χ3n) is 4.32. The predicted octanol–water partition coefficient (Wildman–Crippen LogP) is 2.18. The highest BCUT2D eigenvalue weighted by atomic mass is 19.4. The molecule has 1 aliphatic heterocycles. The fraction of sp³-hybridized carbons (Fsp3) is 0.923. The van der Waals surface area contributed by atoms with E-state index in [9.17, 15) is 18.0 Å². The monoisotopic (exact) mass is 278 g/mol. The van der Waals surface area contributed by atoms with Crippen LogP contribution in [0.4, 0.5) is 13.2 Å². The second-order valence-electron chi connectivity index (χ2n) is 5.67. The average Bonchev–Trinajstić information content (AvgIpc) is 2.38. The van der Waals surface area contributed by atoms with Gasteiger partial charge in [-0.2, -0.15) is 13.2 Å². The largest absolute Gasteiger partial charge is 0.391 e. The van der Waals surface area contributed by atoms with Crippen molar-refractivity contribution in [2.75, 3.05) is 19.6 Å². The number of alkyl halides is 3. The van der Waals surface area contributed by atoms with Crippen LogP contribution in [0.1, 0.15) is 32.6 Å². The molecule has 110 valence electrons. The van der Waals surface area contributed by atoms with Gasteiger partial charge in [0.25, 0.3) is 0 Å². The standard InChI is InChI=1S/C13H21F3N2O/c1-9-8-17-6-7-18(9)12(19)10-2-4-11(5-3-10)13(14,15)16/h9-11,17H,2-8H2,1H3/t9-,10?,11?/m0/s1. The van der Waals surface area contributed by atoms with Gasteiger partial charge in [0.05, 0.1) is 5.92 Å². The van der Waals surface area contributed by atoms with E-state index in [0.29, 0.717) is 19.4 Å². The third-order valence-corrected chi connectivity index (χ3v) is 4.32. The second kappa shape index (κ2) is 5.69. The van der Waals surface area contributed by atoms with Crippen molar-refractivity contribution in [3.05, 3.63) is 0 Å². The van der Waals surface area contributed by atoms with Crippen LogP contribution in [0.2, 0.25) is 0 Å². The van der Waals surface area contributed by atoms with Crippen molar-refractivity contribution in [2.45, 2.75) is 44.8 Å². The number of rotatable bonds is 1. The molecule has 1 N–H and O–H groups in total. The summed E-state index contributed by atoms with van der Waals surface area (Å²) in [6, 6.07) is 0.140. The molecule has 0 unspecified atom stereocenters. The lowest BCUT2D eigenvalue weighted by Crippen LogP contribution is -2.54. The molecule has 1 atom stereocenters. The molecule has 6 heteroatoms. The highest BCUT2D eigenvalue weighted by molar-refractivity contribution is 5.79. The van der Waals surface area contributed by atoms with Gasteiger partial charge in [-0.25, -0.2) is 0 Å². The summed E-state index contributed by atoms with van der Waals surface area (Å²) in [5.41, 5.74) is 0. The van der Waals surface area contributed by atoms with Gasteiger partial charge < -0.3 is 10.2 Å². The van der Waals surface area contributed by atoms with Crippen LogP contribution in [0, 0.1) is 11.8 Å². The van der Waals surface area contributed by atoms with Crippen LogP contribution >= 0.6 is 0 Å². The third kappa shape index (κ3) is 3.41.